The molecule has 0 aliphatic heterocycles. The van der Waals surface area contributed by atoms with Crippen LogP contribution in [-0.4, -0.2) is 30.6 Å². The van der Waals surface area contributed by atoms with Crippen molar-refractivity contribution in [2.75, 3.05) is 6.54 Å². The molecule has 1 aromatic heterocycles. The summed E-state index contributed by atoms with van der Waals surface area (Å²) in [7, 11) is -3.51. The Balaban J connectivity index is 2.64. The summed E-state index contributed by atoms with van der Waals surface area (Å²) in [6, 6.07) is -0.0220. The average molecular weight is 274 g/mol. The summed E-state index contributed by atoms with van der Waals surface area (Å²) in [5.74, 6) is 0.445. The highest BCUT2D eigenvalue weighted by Crippen LogP contribution is 2.07. The molecule has 1 atom stereocenters. The minimum Gasteiger partial charge on any atom is -0.336 e. The number of hydrogen-bond donors (Lipinski definition) is 2. The van der Waals surface area contributed by atoms with Crippen molar-refractivity contribution in [2.45, 2.75) is 44.8 Å². The number of rotatable bonds is 7. The fraction of sp³-hybridized carbons (Fsp3) is 0.727. The van der Waals surface area contributed by atoms with Crippen molar-refractivity contribution in [1.29, 1.82) is 0 Å². The van der Waals surface area contributed by atoms with Crippen LogP contribution in [0.5, 0.6) is 0 Å². The molecular formula is C11H22N4O2S. The van der Waals surface area contributed by atoms with E-state index in [1.54, 1.807) is 17.1 Å². The van der Waals surface area contributed by atoms with Gasteiger partial charge in [-0.15, -0.1) is 0 Å². The second-order valence-corrected chi connectivity index (χ2v) is 6.68. The van der Waals surface area contributed by atoms with E-state index in [9.17, 15) is 8.42 Å². The van der Waals surface area contributed by atoms with E-state index >= 15 is 0 Å². The number of imidazole rings is 1. The first-order valence-corrected chi connectivity index (χ1v) is 7.56. The average Bonchev–Trinajstić information content (AvgIpc) is 2.64. The molecule has 0 spiro atoms. The number of hydrogen-bond acceptors (Lipinski definition) is 4. The monoisotopic (exact) mass is 274 g/mol. The van der Waals surface area contributed by atoms with Crippen molar-refractivity contribution >= 4 is 10.0 Å². The molecule has 0 saturated heterocycles. The Morgan fingerprint density at radius 1 is 1.44 bits per heavy atom. The third-order valence-corrected chi connectivity index (χ3v) is 3.70. The molecule has 0 bridgehead atoms. The molecule has 104 valence electrons. The number of aromatic nitrogens is 2. The Morgan fingerprint density at radius 2 is 2.11 bits per heavy atom. The van der Waals surface area contributed by atoms with E-state index in [1.165, 1.54) is 0 Å². The van der Waals surface area contributed by atoms with Crippen LogP contribution in [0.25, 0.3) is 0 Å². The predicted molar refractivity (Wildman–Crippen MR) is 70.5 cm³/mol. The number of nitrogens with zero attached hydrogens (tertiary/aromatic N) is 2. The van der Waals surface area contributed by atoms with Gasteiger partial charge in [0.25, 0.3) is 10.0 Å². The molecular weight excluding hydrogens is 252 g/mol. The first-order valence-electron chi connectivity index (χ1n) is 6.08. The predicted octanol–water partition coefficient (Wildman–Crippen LogP) is 0.555. The zero-order valence-electron chi connectivity index (χ0n) is 11.1. The van der Waals surface area contributed by atoms with Crippen molar-refractivity contribution in [1.82, 2.24) is 14.3 Å². The molecule has 1 rings (SSSR count). The SMILES string of the molecule is CC(C)Cn1cnc(S(=O)(=O)NCCC(C)N)c1. The highest BCUT2D eigenvalue weighted by molar-refractivity contribution is 7.89. The lowest BCUT2D eigenvalue weighted by molar-refractivity contribution is 0.521. The molecule has 18 heavy (non-hydrogen) atoms. The maximum Gasteiger partial charge on any atom is 0.259 e. The zero-order chi connectivity index (χ0) is 13.8. The molecule has 1 aromatic rings. The van der Waals surface area contributed by atoms with Crippen molar-refractivity contribution < 1.29 is 8.42 Å². The second-order valence-electron chi connectivity index (χ2n) is 4.97. The standard InChI is InChI=1S/C11H22N4O2S/c1-9(2)6-15-7-11(13-8-15)18(16,17)14-5-4-10(3)12/h7-10,14H,4-6,12H2,1-3H3. The summed E-state index contributed by atoms with van der Waals surface area (Å²) in [5, 5.41) is 0.0628. The highest BCUT2D eigenvalue weighted by Gasteiger charge is 2.17. The molecule has 0 aliphatic rings. The topological polar surface area (TPSA) is 90.0 Å². The first kappa shape index (κ1) is 15.1. The maximum absolute atomic E-state index is 11.9. The lowest BCUT2D eigenvalue weighted by atomic mass is 10.2. The minimum atomic E-state index is -3.51. The van der Waals surface area contributed by atoms with E-state index in [1.807, 2.05) is 6.92 Å². The van der Waals surface area contributed by atoms with Gasteiger partial charge in [0, 0.05) is 25.3 Å². The molecule has 0 fully saturated rings. The molecule has 0 amide bonds. The van der Waals surface area contributed by atoms with Gasteiger partial charge in [-0.05, 0) is 19.3 Å². The Kier molecular flexibility index (Phi) is 5.30. The summed E-state index contributed by atoms with van der Waals surface area (Å²) in [5.41, 5.74) is 5.56. The van der Waals surface area contributed by atoms with Crippen LogP contribution in [0.15, 0.2) is 17.6 Å². The Morgan fingerprint density at radius 3 is 2.67 bits per heavy atom. The van der Waals surface area contributed by atoms with Gasteiger partial charge in [-0.3, -0.25) is 0 Å². The van der Waals surface area contributed by atoms with Gasteiger partial charge in [-0.25, -0.2) is 18.1 Å². The summed E-state index contributed by atoms with van der Waals surface area (Å²) in [4.78, 5) is 3.92. The van der Waals surface area contributed by atoms with E-state index in [2.05, 4.69) is 23.6 Å². The summed E-state index contributed by atoms with van der Waals surface area (Å²) >= 11 is 0. The van der Waals surface area contributed by atoms with Gasteiger partial charge in [0.15, 0.2) is 5.03 Å². The summed E-state index contributed by atoms with van der Waals surface area (Å²) in [6.07, 6.45) is 3.69. The van der Waals surface area contributed by atoms with E-state index < -0.39 is 10.0 Å². The van der Waals surface area contributed by atoms with Crippen molar-refractivity contribution in [3.05, 3.63) is 12.5 Å². The van der Waals surface area contributed by atoms with Gasteiger partial charge >= 0.3 is 0 Å². The number of sulfonamides is 1. The molecule has 3 N–H and O–H groups in total. The van der Waals surface area contributed by atoms with E-state index in [-0.39, 0.29) is 11.1 Å². The summed E-state index contributed by atoms with van der Waals surface area (Å²) in [6.45, 7) is 7.05. The molecule has 1 unspecified atom stereocenters. The third kappa shape index (κ3) is 4.75. The normalized spacial score (nSPS) is 14.1. The molecule has 6 nitrogen and oxygen atoms in total. The lowest BCUT2D eigenvalue weighted by Gasteiger charge is -2.06. The fourth-order valence-corrected chi connectivity index (χ4v) is 2.49. The summed E-state index contributed by atoms with van der Waals surface area (Å²) < 4.78 is 28.0. The van der Waals surface area contributed by atoms with Crippen molar-refractivity contribution in [2.24, 2.45) is 11.7 Å². The van der Waals surface area contributed by atoms with E-state index in [0.29, 0.717) is 18.9 Å². The van der Waals surface area contributed by atoms with Gasteiger partial charge in [-0.2, -0.15) is 0 Å². The minimum absolute atomic E-state index is 0.0220. The van der Waals surface area contributed by atoms with Crippen LogP contribution in [0.1, 0.15) is 27.2 Å². The smallest absolute Gasteiger partial charge is 0.259 e. The molecule has 1 heterocycles. The Bertz CT molecular complexity index is 465. The van der Waals surface area contributed by atoms with Crippen molar-refractivity contribution in [3.63, 3.8) is 0 Å². The van der Waals surface area contributed by atoms with Crippen LogP contribution in [0.3, 0.4) is 0 Å². The lowest BCUT2D eigenvalue weighted by Crippen LogP contribution is -2.29. The molecule has 7 heteroatoms. The van der Waals surface area contributed by atoms with Crippen LogP contribution < -0.4 is 10.5 Å². The second kappa shape index (κ2) is 6.31. The number of nitrogens with two attached hydrogens (primary N) is 1. The quantitative estimate of drug-likeness (QED) is 0.760. The van der Waals surface area contributed by atoms with Gasteiger partial charge in [0.2, 0.25) is 0 Å². The Labute approximate surface area is 109 Å². The van der Waals surface area contributed by atoms with Gasteiger partial charge in [-0.1, -0.05) is 13.8 Å². The van der Waals surface area contributed by atoms with Gasteiger partial charge in [0.05, 0.1) is 6.33 Å². The Hall–Kier alpha value is -0.920. The van der Waals surface area contributed by atoms with E-state index in [4.69, 9.17) is 5.73 Å². The molecule has 0 radical (unpaired) electrons. The largest absolute Gasteiger partial charge is 0.336 e. The zero-order valence-corrected chi connectivity index (χ0v) is 11.9. The fourth-order valence-electron chi connectivity index (χ4n) is 1.49. The van der Waals surface area contributed by atoms with E-state index in [0.717, 1.165) is 6.54 Å². The maximum atomic E-state index is 11.9. The van der Waals surface area contributed by atoms with Crippen LogP contribution in [0.4, 0.5) is 0 Å². The number of nitrogens with one attached hydrogen (secondary N) is 1. The third-order valence-electron chi connectivity index (χ3n) is 2.35. The van der Waals surface area contributed by atoms with Gasteiger partial charge < -0.3 is 10.3 Å². The van der Waals surface area contributed by atoms with Crippen LogP contribution in [-0.2, 0) is 16.6 Å². The molecule has 0 aromatic carbocycles. The van der Waals surface area contributed by atoms with Crippen LogP contribution >= 0.6 is 0 Å². The molecule has 0 aliphatic carbocycles. The molecule has 0 saturated carbocycles. The van der Waals surface area contributed by atoms with Crippen molar-refractivity contribution in [3.8, 4) is 0 Å². The van der Waals surface area contributed by atoms with Crippen LogP contribution in [0.2, 0.25) is 0 Å². The first-order chi connectivity index (χ1) is 8.31. The van der Waals surface area contributed by atoms with Gasteiger partial charge in [0.1, 0.15) is 0 Å². The van der Waals surface area contributed by atoms with Crippen LogP contribution in [0, 0.1) is 5.92 Å². The highest BCUT2D eigenvalue weighted by atomic mass is 32.2.